The van der Waals surface area contributed by atoms with Gasteiger partial charge in [-0.15, -0.1) is 11.6 Å². The smallest absolute Gasteiger partial charge is 0.0350 e. The quantitative estimate of drug-likeness (QED) is 0.465. The van der Waals surface area contributed by atoms with Crippen LogP contribution in [0.3, 0.4) is 0 Å². The lowest BCUT2D eigenvalue weighted by molar-refractivity contribution is 1.05. The molecule has 0 amide bonds. The standard InChI is InChI=1S/C8H15ClS4/c9-3-7-5-13-8(6-12-7)4-11-2-1-10/h7-8,10H,1-6H2. The zero-order chi connectivity index (χ0) is 9.52. The molecule has 1 rings (SSSR count). The molecule has 0 aromatic heterocycles. The monoisotopic (exact) mass is 274 g/mol. The normalized spacial score (nSPS) is 29.1. The summed E-state index contributed by atoms with van der Waals surface area (Å²) in [5, 5.41) is 1.53. The topological polar surface area (TPSA) is 0 Å². The first kappa shape index (κ1) is 12.8. The van der Waals surface area contributed by atoms with Crippen molar-refractivity contribution in [1.82, 2.24) is 0 Å². The number of rotatable bonds is 5. The van der Waals surface area contributed by atoms with Crippen molar-refractivity contribution >= 4 is 59.5 Å². The molecule has 0 bridgehead atoms. The minimum Gasteiger partial charge on any atom is -0.179 e. The van der Waals surface area contributed by atoms with Gasteiger partial charge in [0.2, 0.25) is 0 Å². The highest BCUT2D eigenvalue weighted by atomic mass is 35.5. The van der Waals surface area contributed by atoms with E-state index in [1.807, 2.05) is 23.5 Å². The summed E-state index contributed by atoms with van der Waals surface area (Å²) in [5.41, 5.74) is 0. The molecule has 1 aliphatic rings. The molecule has 5 heteroatoms. The van der Waals surface area contributed by atoms with E-state index in [9.17, 15) is 0 Å². The number of thiol groups is 1. The molecule has 13 heavy (non-hydrogen) atoms. The van der Waals surface area contributed by atoms with Gasteiger partial charge >= 0.3 is 0 Å². The van der Waals surface area contributed by atoms with Crippen molar-refractivity contribution in [2.45, 2.75) is 10.5 Å². The summed E-state index contributed by atoms with van der Waals surface area (Å²) in [5.74, 6) is 6.80. The summed E-state index contributed by atoms with van der Waals surface area (Å²) < 4.78 is 0. The lowest BCUT2D eigenvalue weighted by Gasteiger charge is -2.26. The highest BCUT2D eigenvalue weighted by Gasteiger charge is 2.20. The van der Waals surface area contributed by atoms with E-state index in [1.54, 1.807) is 0 Å². The fraction of sp³-hybridized carbons (Fsp3) is 1.00. The molecule has 1 aliphatic heterocycles. The van der Waals surface area contributed by atoms with E-state index < -0.39 is 0 Å². The zero-order valence-electron chi connectivity index (χ0n) is 7.45. The molecule has 1 heterocycles. The van der Waals surface area contributed by atoms with Crippen LogP contribution in [0.1, 0.15) is 0 Å². The highest BCUT2D eigenvalue weighted by Crippen LogP contribution is 2.32. The van der Waals surface area contributed by atoms with Crippen molar-refractivity contribution in [3.63, 3.8) is 0 Å². The second kappa shape index (κ2) is 7.91. The van der Waals surface area contributed by atoms with Crippen LogP contribution in [0.2, 0.25) is 0 Å². The Balaban J connectivity index is 2.03. The van der Waals surface area contributed by atoms with Gasteiger partial charge in [-0.1, -0.05) is 0 Å². The zero-order valence-corrected chi connectivity index (χ0v) is 11.5. The van der Waals surface area contributed by atoms with Crippen LogP contribution in [0.5, 0.6) is 0 Å². The largest absolute Gasteiger partial charge is 0.179 e. The Morgan fingerprint density at radius 2 is 2.00 bits per heavy atom. The predicted octanol–water partition coefficient (Wildman–Crippen LogP) is 3.11. The lowest BCUT2D eigenvalue weighted by Crippen LogP contribution is -2.24. The molecule has 0 aromatic carbocycles. The van der Waals surface area contributed by atoms with Crippen LogP contribution in [0.15, 0.2) is 0 Å². The highest BCUT2D eigenvalue weighted by molar-refractivity contribution is 8.08. The Morgan fingerprint density at radius 1 is 1.31 bits per heavy atom. The fourth-order valence-corrected chi connectivity index (χ4v) is 5.98. The molecule has 0 nitrogen and oxygen atoms in total. The molecule has 0 spiro atoms. The maximum atomic E-state index is 5.81. The maximum absolute atomic E-state index is 5.81. The van der Waals surface area contributed by atoms with Gasteiger partial charge in [0.1, 0.15) is 0 Å². The van der Waals surface area contributed by atoms with Gasteiger partial charge in [0.05, 0.1) is 0 Å². The van der Waals surface area contributed by atoms with Crippen LogP contribution in [0, 0.1) is 0 Å². The molecule has 0 aromatic rings. The van der Waals surface area contributed by atoms with E-state index >= 15 is 0 Å². The van der Waals surface area contributed by atoms with Crippen molar-refractivity contribution in [2.24, 2.45) is 0 Å². The van der Waals surface area contributed by atoms with Gasteiger partial charge in [-0.3, -0.25) is 0 Å². The molecule has 2 atom stereocenters. The van der Waals surface area contributed by atoms with Gasteiger partial charge in [0, 0.05) is 39.4 Å². The van der Waals surface area contributed by atoms with Crippen molar-refractivity contribution in [3.8, 4) is 0 Å². The average Bonchev–Trinajstić information content (AvgIpc) is 2.19. The van der Waals surface area contributed by atoms with Crippen LogP contribution in [-0.4, -0.2) is 45.1 Å². The minimum absolute atomic E-state index is 0.692. The van der Waals surface area contributed by atoms with Gasteiger partial charge in [0.15, 0.2) is 0 Å². The molecule has 2 unspecified atom stereocenters. The second-order valence-corrected chi connectivity index (χ2v) is 7.44. The third-order valence-electron chi connectivity index (χ3n) is 1.75. The van der Waals surface area contributed by atoms with Crippen LogP contribution >= 0.6 is 59.5 Å². The van der Waals surface area contributed by atoms with E-state index in [0.717, 1.165) is 16.9 Å². The van der Waals surface area contributed by atoms with E-state index in [-0.39, 0.29) is 0 Å². The van der Waals surface area contributed by atoms with Gasteiger partial charge in [-0.05, 0) is 5.75 Å². The van der Waals surface area contributed by atoms with Crippen molar-refractivity contribution in [2.75, 3.05) is 34.6 Å². The maximum Gasteiger partial charge on any atom is 0.0350 e. The summed E-state index contributed by atoms with van der Waals surface area (Å²) in [6.07, 6.45) is 0. The Morgan fingerprint density at radius 3 is 2.54 bits per heavy atom. The molecular weight excluding hydrogens is 260 g/mol. The molecule has 0 radical (unpaired) electrons. The molecular formula is C8H15ClS4. The molecule has 1 fully saturated rings. The first-order valence-electron chi connectivity index (χ1n) is 4.34. The van der Waals surface area contributed by atoms with E-state index in [0.29, 0.717) is 5.25 Å². The Labute approximate surface area is 104 Å². The van der Waals surface area contributed by atoms with Gasteiger partial charge in [-0.25, -0.2) is 0 Å². The van der Waals surface area contributed by atoms with E-state index in [2.05, 4.69) is 24.4 Å². The van der Waals surface area contributed by atoms with Crippen molar-refractivity contribution in [1.29, 1.82) is 0 Å². The number of halogens is 1. The number of hydrogen-bond acceptors (Lipinski definition) is 4. The van der Waals surface area contributed by atoms with Crippen LogP contribution in [-0.2, 0) is 0 Å². The van der Waals surface area contributed by atoms with Crippen molar-refractivity contribution < 1.29 is 0 Å². The van der Waals surface area contributed by atoms with Crippen molar-refractivity contribution in [3.05, 3.63) is 0 Å². The molecule has 78 valence electrons. The van der Waals surface area contributed by atoms with E-state index in [4.69, 9.17) is 11.6 Å². The first-order valence-corrected chi connectivity index (χ1v) is 8.76. The van der Waals surface area contributed by atoms with Gasteiger partial charge < -0.3 is 0 Å². The Bertz CT molecular complexity index is 123. The fourth-order valence-electron chi connectivity index (χ4n) is 1.05. The second-order valence-electron chi connectivity index (χ2n) is 2.86. The number of alkyl halides is 1. The first-order chi connectivity index (χ1) is 6.36. The Kier molecular flexibility index (Phi) is 7.77. The van der Waals surface area contributed by atoms with Crippen LogP contribution < -0.4 is 0 Å². The van der Waals surface area contributed by atoms with E-state index in [1.165, 1.54) is 23.0 Å². The summed E-state index contributed by atoms with van der Waals surface area (Å²) in [6.45, 7) is 0. The summed E-state index contributed by atoms with van der Waals surface area (Å²) in [7, 11) is 0. The van der Waals surface area contributed by atoms with Gasteiger partial charge in [-0.2, -0.15) is 47.9 Å². The SMILES string of the molecule is SCCSCC1CSC(CCl)CS1. The van der Waals surface area contributed by atoms with Gasteiger partial charge in [0.25, 0.3) is 0 Å². The average molecular weight is 275 g/mol. The molecule has 0 saturated carbocycles. The van der Waals surface area contributed by atoms with Crippen LogP contribution in [0.4, 0.5) is 0 Å². The molecule has 0 N–H and O–H groups in total. The third-order valence-corrected chi connectivity index (χ3v) is 7.39. The summed E-state index contributed by atoms with van der Waals surface area (Å²) in [4.78, 5) is 0. The molecule has 1 saturated heterocycles. The number of thioether (sulfide) groups is 3. The van der Waals surface area contributed by atoms with Crippen LogP contribution in [0.25, 0.3) is 0 Å². The molecule has 0 aliphatic carbocycles. The number of hydrogen-bond donors (Lipinski definition) is 1. The predicted molar refractivity (Wildman–Crippen MR) is 74.4 cm³/mol. The Hall–Kier alpha value is 1.69. The summed E-state index contributed by atoms with van der Waals surface area (Å²) >= 11 is 16.2. The lowest BCUT2D eigenvalue weighted by atomic mass is 10.5. The minimum atomic E-state index is 0.692. The third kappa shape index (κ3) is 5.36. The summed E-state index contributed by atoms with van der Waals surface area (Å²) in [6, 6.07) is 0.